The summed E-state index contributed by atoms with van der Waals surface area (Å²) in [5.41, 5.74) is 0.911. The number of methoxy groups -OCH3 is 2. The molecule has 1 aromatic heterocycles. The van der Waals surface area contributed by atoms with Crippen molar-refractivity contribution in [3.63, 3.8) is 0 Å². The smallest absolute Gasteiger partial charge is 0.319 e. The molecule has 1 aromatic carbocycles. The van der Waals surface area contributed by atoms with E-state index in [1.54, 1.807) is 26.2 Å². The number of benzene rings is 1. The minimum atomic E-state index is -2.65. The molecule has 1 saturated heterocycles. The minimum Gasteiger partial charge on any atom is -0.497 e. The van der Waals surface area contributed by atoms with Gasteiger partial charge in [0.05, 0.1) is 33.4 Å². The largest absolute Gasteiger partial charge is 0.497 e. The molecule has 0 bridgehead atoms. The first-order valence-electron chi connectivity index (χ1n) is 9.44. The summed E-state index contributed by atoms with van der Waals surface area (Å²) in [4.78, 5) is 20.5. The number of hydrogen-bond donors (Lipinski definition) is 0. The van der Waals surface area contributed by atoms with Crippen molar-refractivity contribution < 1.29 is 23.0 Å². The lowest BCUT2D eigenvalue weighted by atomic mass is 10.0. The summed E-state index contributed by atoms with van der Waals surface area (Å²) < 4.78 is 37.6. The second kappa shape index (κ2) is 9.21. The second-order valence-electron chi connectivity index (χ2n) is 7.05. The molecule has 3 rings (SSSR count). The molecule has 0 saturated carbocycles. The molecule has 1 unspecified atom stereocenters. The first kappa shape index (κ1) is 21.0. The number of rotatable bonds is 8. The number of ether oxygens (including phenoxy) is 2. The zero-order chi connectivity index (χ0) is 21.0. The van der Waals surface area contributed by atoms with Crippen LogP contribution in [0.15, 0.2) is 30.6 Å². The van der Waals surface area contributed by atoms with E-state index >= 15 is 0 Å². The number of likely N-dealkylation sites (N-methyl/N-ethyl adjacent to an activating group) is 1. The Morgan fingerprint density at radius 2 is 2.14 bits per heavy atom. The number of carbonyl (C=O) groups is 1. The van der Waals surface area contributed by atoms with Crippen molar-refractivity contribution in [2.24, 2.45) is 0 Å². The maximum Gasteiger partial charge on any atom is 0.319 e. The summed E-state index contributed by atoms with van der Waals surface area (Å²) in [5, 5.41) is 0. The first-order valence-corrected chi connectivity index (χ1v) is 9.44. The summed E-state index contributed by atoms with van der Waals surface area (Å²) in [5.74, 6) is 1.58. The third-order valence-corrected chi connectivity index (χ3v) is 5.14. The van der Waals surface area contributed by atoms with Gasteiger partial charge in [0.25, 0.3) is 0 Å². The fourth-order valence-corrected chi connectivity index (χ4v) is 3.75. The van der Waals surface area contributed by atoms with Gasteiger partial charge in [-0.2, -0.15) is 8.78 Å². The van der Waals surface area contributed by atoms with Gasteiger partial charge in [0, 0.05) is 24.5 Å². The molecule has 29 heavy (non-hydrogen) atoms. The molecule has 158 valence electrons. The number of imidazole rings is 1. The highest BCUT2D eigenvalue weighted by Gasteiger charge is 2.32. The van der Waals surface area contributed by atoms with Gasteiger partial charge in [0.15, 0.2) is 0 Å². The topological polar surface area (TPSA) is 59.8 Å². The van der Waals surface area contributed by atoms with Crippen LogP contribution in [-0.2, 0) is 11.3 Å². The first-order chi connectivity index (χ1) is 13.9. The molecule has 7 nitrogen and oxygen atoms in total. The molecule has 0 aliphatic carbocycles. The van der Waals surface area contributed by atoms with Gasteiger partial charge in [-0.15, -0.1) is 0 Å². The fourth-order valence-electron chi connectivity index (χ4n) is 3.75. The van der Waals surface area contributed by atoms with Crippen LogP contribution in [0.5, 0.6) is 11.5 Å². The van der Waals surface area contributed by atoms with Gasteiger partial charge in [0.1, 0.15) is 17.3 Å². The quantitative estimate of drug-likeness (QED) is 0.672. The van der Waals surface area contributed by atoms with Crippen molar-refractivity contribution in [3.8, 4) is 11.5 Å². The van der Waals surface area contributed by atoms with Crippen LogP contribution in [0.3, 0.4) is 0 Å². The summed E-state index contributed by atoms with van der Waals surface area (Å²) in [6.45, 7) is -1.74. The number of alkyl halides is 2. The van der Waals surface area contributed by atoms with Gasteiger partial charge in [-0.3, -0.25) is 14.3 Å². The minimum absolute atomic E-state index is 0.0602. The van der Waals surface area contributed by atoms with E-state index in [2.05, 4.69) is 4.98 Å². The number of carbonyl (C=O) groups excluding carboxylic acids is 1. The van der Waals surface area contributed by atoms with E-state index in [-0.39, 0.29) is 30.9 Å². The summed E-state index contributed by atoms with van der Waals surface area (Å²) in [7, 11) is 4.92. The molecule has 2 heterocycles. The molecule has 2 aromatic rings. The van der Waals surface area contributed by atoms with E-state index in [1.165, 1.54) is 12.4 Å². The van der Waals surface area contributed by atoms with Crippen LogP contribution in [0, 0.1) is 0 Å². The second-order valence-corrected chi connectivity index (χ2v) is 7.05. The van der Waals surface area contributed by atoms with Gasteiger partial charge in [0.2, 0.25) is 5.91 Å². The summed E-state index contributed by atoms with van der Waals surface area (Å²) in [6, 6.07) is 5.45. The number of nitrogens with zero attached hydrogens (tertiary/aromatic N) is 4. The van der Waals surface area contributed by atoms with Crippen LogP contribution in [0.1, 0.15) is 36.8 Å². The Labute approximate surface area is 168 Å². The maximum atomic E-state index is 13.0. The third-order valence-electron chi connectivity index (χ3n) is 5.14. The van der Waals surface area contributed by atoms with Crippen LogP contribution < -0.4 is 9.47 Å². The van der Waals surface area contributed by atoms with Crippen LogP contribution in [-0.4, -0.2) is 59.6 Å². The molecule has 1 aliphatic heterocycles. The van der Waals surface area contributed by atoms with E-state index in [1.807, 2.05) is 23.1 Å². The third kappa shape index (κ3) is 4.67. The van der Waals surface area contributed by atoms with E-state index < -0.39 is 6.55 Å². The standard InChI is InChI=1S/C20H26F2N4O3/c1-24(12-18-23-8-10-26(18)20(21)22)13-19(27)25-9-4-5-16(25)15-11-14(28-2)6-7-17(15)29-3/h6-8,10-11,16,20H,4-5,9,12-13H2,1-3H3. The van der Waals surface area contributed by atoms with Gasteiger partial charge < -0.3 is 14.4 Å². The molecular weight excluding hydrogens is 382 g/mol. The highest BCUT2D eigenvalue weighted by atomic mass is 19.3. The van der Waals surface area contributed by atoms with Crippen LogP contribution in [0.25, 0.3) is 0 Å². The van der Waals surface area contributed by atoms with Crippen LogP contribution in [0.2, 0.25) is 0 Å². The fraction of sp³-hybridized carbons (Fsp3) is 0.500. The Morgan fingerprint density at radius 1 is 1.34 bits per heavy atom. The number of likely N-dealkylation sites (tertiary alicyclic amines) is 1. The molecular formula is C20H26F2N4O3. The normalized spacial score (nSPS) is 16.7. The Morgan fingerprint density at radius 3 is 2.83 bits per heavy atom. The number of halogens is 2. The highest BCUT2D eigenvalue weighted by Crippen LogP contribution is 2.39. The number of amides is 1. The van der Waals surface area contributed by atoms with Gasteiger partial charge >= 0.3 is 6.55 Å². The number of hydrogen-bond acceptors (Lipinski definition) is 5. The van der Waals surface area contributed by atoms with Crippen molar-refractivity contribution in [3.05, 3.63) is 42.0 Å². The summed E-state index contributed by atoms with van der Waals surface area (Å²) >= 11 is 0. The highest BCUT2D eigenvalue weighted by molar-refractivity contribution is 5.79. The Kier molecular flexibility index (Phi) is 6.68. The van der Waals surface area contributed by atoms with Crippen molar-refractivity contribution >= 4 is 5.91 Å². The van der Waals surface area contributed by atoms with Crippen LogP contribution in [0.4, 0.5) is 8.78 Å². The number of aromatic nitrogens is 2. The van der Waals surface area contributed by atoms with Crippen molar-refractivity contribution in [1.82, 2.24) is 19.4 Å². The predicted octanol–water partition coefficient (Wildman–Crippen LogP) is 3.09. The molecule has 0 N–H and O–H groups in total. The molecule has 9 heteroatoms. The van der Waals surface area contributed by atoms with Gasteiger partial charge in [-0.25, -0.2) is 4.98 Å². The Balaban J connectivity index is 1.71. The molecule has 1 fully saturated rings. The van der Waals surface area contributed by atoms with Crippen LogP contribution >= 0.6 is 0 Å². The average Bonchev–Trinajstić information content (AvgIpc) is 3.36. The van der Waals surface area contributed by atoms with E-state index in [4.69, 9.17) is 9.47 Å². The SMILES string of the molecule is COc1ccc(OC)c(C2CCCN2C(=O)CN(C)Cc2nccn2C(F)F)c1. The molecule has 0 spiro atoms. The predicted molar refractivity (Wildman–Crippen MR) is 103 cm³/mol. The Hall–Kier alpha value is -2.68. The summed E-state index contributed by atoms with van der Waals surface area (Å²) in [6.07, 6.45) is 4.29. The monoisotopic (exact) mass is 408 g/mol. The molecule has 1 atom stereocenters. The lowest BCUT2D eigenvalue weighted by Crippen LogP contribution is -2.38. The van der Waals surface area contributed by atoms with Crippen molar-refractivity contribution in [2.75, 3.05) is 34.4 Å². The molecule has 0 radical (unpaired) electrons. The lowest BCUT2D eigenvalue weighted by Gasteiger charge is -2.28. The van der Waals surface area contributed by atoms with Gasteiger partial charge in [-0.05, 0) is 38.1 Å². The maximum absolute atomic E-state index is 13.0. The molecule has 1 amide bonds. The Bertz CT molecular complexity index is 843. The van der Waals surface area contributed by atoms with E-state index in [0.717, 1.165) is 23.0 Å². The van der Waals surface area contributed by atoms with Gasteiger partial charge in [-0.1, -0.05) is 0 Å². The average molecular weight is 408 g/mol. The lowest BCUT2D eigenvalue weighted by molar-refractivity contribution is -0.133. The zero-order valence-corrected chi connectivity index (χ0v) is 16.8. The van der Waals surface area contributed by atoms with Crippen molar-refractivity contribution in [2.45, 2.75) is 32.0 Å². The van der Waals surface area contributed by atoms with E-state index in [9.17, 15) is 13.6 Å². The zero-order valence-electron chi connectivity index (χ0n) is 16.8. The van der Waals surface area contributed by atoms with Crippen molar-refractivity contribution in [1.29, 1.82) is 0 Å². The molecule has 1 aliphatic rings. The van der Waals surface area contributed by atoms with E-state index in [0.29, 0.717) is 18.0 Å².